The second-order valence-corrected chi connectivity index (χ2v) is 2.81. The maximum atomic E-state index is 5.34. The summed E-state index contributed by atoms with van der Waals surface area (Å²) in [5.41, 5.74) is 0. The van der Waals surface area contributed by atoms with Crippen molar-refractivity contribution < 1.29 is 18.9 Å². The van der Waals surface area contributed by atoms with E-state index < -0.39 is 0 Å². The quantitative estimate of drug-likeness (QED) is 0.319. The van der Waals surface area contributed by atoms with Crippen molar-refractivity contribution in [1.82, 2.24) is 0 Å². The van der Waals surface area contributed by atoms with Crippen LogP contribution in [0.4, 0.5) is 0 Å². The van der Waals surface area contributed by atoms with E-state index in [1.54, 1.807) is 7.11 Å². The van der Waals surface area contributed by atoms with Crippen LogP contribution in [-0.2, 0) is 18.9 Å². The number of rotatable bonds is 10. The van der Waals surface area contributed by atoms with Gasteiger partial charge >= 0.3 is 0 Å². The zero-order chi connectivity index (χ0) is 11.4. The summed E-state index contributed by atoms with van der Waals surface area (Å²) >= 11 is 0. The average Bonchev–Trinajstić information content (AvgIpc) is 2.24. The van der Waals surface area contributed by atoms with E-state index in [-0.39, 0.29) is 6.29 Å². The van der Waals surface area contributed by atoms with Crippen LogP contribution in [0.25, 0.3) is 0 Å². The lowest BCUT2D eigenvalue weighted by Gasteiger charge is -2.12. The molecule has 0 fully saturated rings. The Morgan fingerprint density at radius 1 is 1.13 bits per heavy atom. The van der Waals surface area contributed by atoms with Gasteiger partial charge in [0, 0.05) is 20.3 Å². The van der Waals surface area contributed by atoms with Crippen molar-refractivity contribution in [2.75, 3.05) is 33.7 Å². The van der Waals surface area contributed by atoms with Crippen LogP contribution in [0.1, 0.15) is 20.3 Å². The van der Waals surface area contributed by atoms with Gasteiger partial charge < -0.3 is 18.9 Å². The molecule has 0 amide bonds. The lowest BCUT2D eigenvalue weighted by Crippen LogP contribution is -2.14. The summed E-state index contributed by atoms with van der Waals surface area (Å²) in [6, 6.07) is 0. The van der Waals surface area contributed by atoms with E-state index in [0.29, 0.717) is 26.6 Å². The Kier molecular flexibility index (Phi) is 11.3. The standard InChI is InChI=1S/C11H22O4/c1-4-14-11(15-5-2)8-6-7-9-13-10-12-3/h6,8,11H,4-5,7,9-10H2,1-3H3/b8-6+. The summed E-state index contributed by atoms with van der Waals surface area (Å²) < 4.78 is 20.6. The third-order valence-electron chi connectivity index (χ3n) is 1.59. The van der Waals surface area contributed by atoms with Crippen LogP contribution in [-0.4, -0.2) is 40.0 Å². The van der Waals surface area contributed by atoms with Gasteiger partial charge in [0.15, 0.2) is 6.29 Å². The zero-order valence-corrected chi connectivity index (χ0v) is 9.90. The third kappa shape index (κ3) is 9.87. The normalized spacial score (nSPS) is 11.7. The molecule has 0 aliphatic rings. The maximum Gasteiger partial charge on any atom is 0.176 e. The van der Waals surface area contributed by atoms with Crippen LogP contribution in [0.5, 0.6) is 0 Å². The molecule has 15 heavy (non-hydrogen) atoms. The topological polar surface area (TPSA) is 36.9 Å². The molecule has 0 aromatic rings. The largest absolute Gasteiger partial charge is 0.359 e. The molecule has 0 atom stereocenters. The van der Waals surface area contributed by atoms with Gasteiger partial charge in [0.2, 0.25) is 0 Å². The molecule has 4 nitrogen and oxygen atoms in total. The summed E-state index contributed by atoms with van der Waals surface area (Å²) in [4.78, 5) is 0. The van der Waals surface area contributed by atoms with E-state index >= 15 is 0 Å². The molecule has 0 spiro atoms. The number of methoxy groups -OCH3 is 1. The first kappa shape index (κ1) is 14.6. The van der Waals surface area contributed by atoms with Crippen LogP contribution in [0.15, 0.2) is 12.2 Å². The van der Waals surface area contributed by atoms with Crippen molar-refractivity contribution in [2.24, 2.45) is 0 Å². The van der Waals surface area contributed by atoms with Gasteiger partial charge in [-0.1, -0.05) is 6.08 Å². The minimum Gasteiger partial charge on any atom is -0.359 e. The first-order valence-electron chi connectivity index (χ1n) is 5.31. The van der Waals surface area contributed by atoms with Gasteiger partial charge in [0.1, 0.15) is 6.79 Å². The molecule has 0 heterocycles. The molecule has 0 N–H and O–H groups in total. The maximum absolute atomic E-state index is 5.34. The first-order chi connectivity index (χ1) is 7.35. The predicted octanol–water partition coefficient (Wildman–Crippen LogP) is 1.95. The van der Waals surface area contributed by atoms with E-state index in [2.05, 4.69) is 0 Å². The molecule has 90 valence electrons. The van der Waals surface area contributed by atoms with Crippen molar-refractivity contribution in [1.29, 1.82) is 0 Å². The van der Waals surface area contributed by atoms with E-state index in [9.17, 15) is 0 Å². The molecule has 0 radical (unpaired) electrons. The number of ether oxygens (including phenoxy) is 4. The lowest BCUT2D eigenvalue weighted by molar-refractivity contribution is -0.104. The van der Waals surface area contributed by atoms with E-state index in [1.807, 2.05) is 26.0 Å². The van der Waals surface area contributed by atoms with Crippen molar-refractivity contribution in [2.45, 2.75) is 26.6 Å². The highest BCUT2D eigenvalue weighted by Gasteiger charge is 2.00. The molecule has 0 aliphatic heterocycles. The Morgan fingerprint density at radius 3 is 2.33 bits per heavy atom. The van der Waals surface area contributed by atoms with Gasteiger partial charge in [0.05, 0.1) is 6.61 Å². The second-order valence-electron chi connectivity index (χ2n) is 2.81. The Balaban J connectivity index is 3.50. The van der Waals surface area contributed by atoms with Crippen molar-refractivity contribution in [3.8, 4) is 0 Å². The molecular formula is C11H22O4. The minimum atomic E-state index is -0.234. The summed E-state index contributed by atoms with van der Waals surface area (Å²) in [6.07, 6.45) is 4.50. The Morgan fingerprint density at radius 2 is 1.80 bits per heavy atom. The molecule has 0 aliphatic carbocycles. The average molecular weight is 218 g/mol. The van der Waals surface area contributed by atoms with Crippen LogP contribution in [0.3, 0.4) is 0 Å². The van der Waals surface area contributed by atoms with Crippen molar-refractivity contribution in [3.63, 3.8) is 0 Å². The third-order valence-corrected chi connectivity index (χ3v) is 1.59. The van der Waals surface area contributed by atoms with Crippen LogP contribution >= 0.6 is 0 Å². The van der Waals surface area contributed by atoms with Crippen molar-refractivity contribution >= 4 is 0 Å². The van der Waals surface area contributed by atoms with Gasteiger partial charge in [-0.3, -0.25) is 0 Å². The van der Waals surface area contributed by atoms with Gasteiger partial charge in [-0.05, 0) is 26.3 Å². The summed E-state index contributed by atoms with van der Waals surface area (Å²) in [6.45, 7) is 6.18. The van der Waals surface area contributed by atoms with Crippen LogP contribution in [0, 0.1) is 0 Å². The fourth-order valence-corrected chi connectivity index (χ4v) is 0.989. The van der Waals surface area contributed by atoms with Gasteiger partial charge in [-0.2, -0.15) is 0 Å². The fourth-order valence-electron chi connectivity index (χ4n) is 0.989. The zero-order valence-electron chi connectivity index (χ0n) is 9.90. The molecule has 0 saturated carbocycles. The fraction of sp³-hybridized carbons (Fsp3) is 0.818. The number of hydrogen-bond donors (Lipinski definition) is 0. The number of hydrogen-bond acceptors (Lipinski definition) is 4. The lowest BCUT2D eigenvalue weighted by atomic mass is 10.4. The molecule has 0 saturated heterocycles. The highest BCUT2D eigenvalue weighted by atomic mass is 16.7. The Labute approximate surface area is 92.2 Å². The highest BCUT2D eigenvalue weighted by molar-refractivity contribution is 4.85. The van der Waals surface area contributed by atoms with E-state index in [0.717, 1.165) is 6.42 Å². The van der Waals surface area contributed by atoms with E-state index in [4.69, 9.17) is 18.9 Å². The minimum absolute atomic E-state index is 0.234. The summed E-state index contributed by atoms with van der Waals surface area (Å²) in [5.74, 6) is 0. The van der Waals surface area contributed by atoms with Gasteiger partial charge in [-0.25, -0.2) is 0 Å². The predicted molar refractivity (Wildman–Crippen MR) is 58.6 cm³/mol. The molecule has 0 aromatic heterocycles. The Hall–Kier alpha value is -0.420. The highest BCUT2D eigenvalue weighted by Crippen LogP contribution is 1.98. The van der Waals surface area contributed by atoms with Gasteiger partial charge in [-0.15, -0.1) is 0 Å². The Bertz CT molecular complexity index is 142. The molecule has 4 heteroatoms. The van der Waals surface area contributed by atoms with Crippen molar-refractivity contribution in [3.05, 3.63) is 12.2 Å². The summed E-state index contributed by atoms with van der Waals surface area (Å²) in [5, 5.41) is 0. The SMILES string of the molecule is CCOC(/C=C/CCOCOC)OCC. The smallest absolute Gasteiger partial charge is 0.176 e. The van der Waals surface area contributed by atoms with Crippen LogP contribution < -0.4 is 0 Å². The molecule has 0 unspecified atom stereocenters. The summed E-state index contributed by atoms with van der Waals surface area (Å²) in [7, 11) is 1.61. The first-order valence-corrected chi connectivity index (χ1v) is 5.31. The molecular weight excluding hydrogens is 196 g/mol. The van der Waals surface area contributed by atoms with Crippen LogP contribution in [0.2, 0.25) is 0 Å². The van der Waals surface area contributed by atoms with E-state index in [1.165, 1.54) is 0 Å². The van der Waals surface area contributed by atoms with Gasteiger partial charge in [0.25, 0.3) is 0 Å². The molecule has 0 bridgehead atoms. The second kappa shape index (κ2) is 11.7. The monoisotopic (exact) mass is 218 g/mol. The molecule has 0 rings (SSSR count). The molecule has 0 aromatic carbocycles.